The molecule has 0 aliphatic rings. The van der Waals surface area contributed by atoms with Crippen LogP contribution in [0.25, 0.3) is 11.0 Å². The van der Waals surface area contributed by atoms with Gasteiger partial charge in [-0.1, -0.05) is 26.0 Å². The van der Waals surface area contributed by atoms with Gasteiger partial charge >= 0.3 is 0 Å². The second-order valence-electron chi connectivity index (χ2n) is 5.88. The monoisotopic (exact) mass is 311 g/mol. The van der Waals surface area contributed by atoms with Crippen LogP contribution in [0.4, 0.5) is 5.82 Å². The van der Waals surface area contributed by atoms with E-state index in [1.54, 1.807) is 6.20 Å². The number of anilines is 1. The zero-order valence-electron chi connectivity index (χ0n) is 13.4. The minimum absolute atomic E-state index is 0.534. The Bertz CT molecular complexity index is 751. The summed E-state index contributed by atoms with van der Waals surface area (Å²) in [6.07, 6.45) is 4.18. The fourth-order valence-corrected chi connectivity index (χ4v) is 2.25. The summed E-state index contributed by atoms with van der Waals surface area (Å²) in [6.45, 7) is 5.83. The Hall–Kier alpha value is -2.63. The molecule has 2 N–H and O–H groups in total. The smallest absolute Gasteiger partial charge is 0.160 e. The van der Waals surface area contributed by atoms with Crippen LogP contribution in [0.5, 0.6) is 5.75 Å². The third-order valence-electron chi connectivity index (χ3n) is 3.46. The summed E-state index contributed by atoms with van der Waals surface area (Å²) >= 11 is 0. The number of aromatic nitrogens is 4. The summed E-state index contributed by atoms with van der Waals surface area (Å²) in [5.41, 5.74) is 2.00. The van der Waals surface area contributed by atoms with Crippen LogP contribution in [0.2, 0.25) is 0 Å². The summed E-state index contributed by atoms with van der Waals surface area (Å²) in [7, 11) is 0. The van der Waals surface area contributed by atoms with E-state index in [0.29, 0.717) is 5.92 Å². The van der Waals surface area contributed by atoms with Crippen LogP contribution in [0.3, 0.4) is 0 Å². The number of aromatic amines is 1. The molecule has 6 nitrogen and oxygen atoms in total. The quantitative estimate of drug-likeness (QED) is 0.701. The van der Waals surface area contributed by atoms with Crippen molar-refractivity contribution in [3.8, 4) is 5.75 Å². The normalized spacial score (nSPS) is 11.1. The average molecular weight is 311 g/mol. The third kappa shape index (κ3) is 3.97. The lowest BCUT2D eigenvalue weighted by Crippen LogP contribution is -2.07. The van der Waals surface area contributed by atoms with Gasteiger partial charge in [-0.25, -0.2) is 9.97 Å². The SMILES string of the molecule is CC(C)COc1ccc(CCNc2ncnc3[nH]ncc23)cc1. The van der Waals surface area contributed by atoms with Crippen molar-refractivity contribution in [3.05, 3.63) is 42.4 Å². The number of hydrogen-bond donors (Lipinski definition) is 2. The predicted octanol–water partition coefficient (Wildman–Crippen LogP) is 3.04. The highest BCUT2D eigenvalue weighted by molar-refractivity contribution is 5.85. The van der Waals surface area contributed by atoms with Gasteiger partial charge in [-0.05, 0) is 30.0 Å². The average Bonchev–Trinajstić information content (AvgIpc) is 3.03. The highest BCUT2D eigenvalue weighted by Gasteiger charge is 2.04. The van der Waals surface area contributed by atoms with E-state index in [4.69, 9.17) is 4.74 Å². The molecule has 3 rings (SSSR count). The number of fused-ring (bicyclic) bond motifs is 1. The van der Waals surface area contributed by atoms with E-state index in [2.05, 4.69) is 51.5 Å². The van der Waals surface area contributed by atoms with Crippen molar-refractivity contribution < 1.29 is 4.74 Å². The highest BCUT2D eigenvalue weighted by Crippen LogP contribution is 2.17. The van der Waals surface area contributed by atoms with Crippen molar-refractivity contribution in [2.24, 2.45) is 5.92 Å². The van der Waals surface area contributed by atoms with Gasteiger partial charge in [0, 0.05) is 6.54 Å². The predicted molar refractivity (Wildman–Crippen MR) is 90.7 cm³/mol. The maximum Gasteiger partial charge on any atom is 0.160 e. The molecule has 0 spiro atoms. The molecule has 3 aromatic rings. The van der Waals surface area contributed by atoms with E-state index in [0.717, 1.165) is 42.2 Å². The lowest BCUT2D eigenvalue weighted by molar-refractivity contribution is 0.271. The molecule has 120 valence electrons. The third-order valence-corrected chi connectivity index (χ3v) is 3.46. The first-order chi connectivity index (χ1) is 11.2. The van der Waals surface area contributed by atoms with Gasteiger partial charge < -0.3 is 10.1 Å². The second-order valence-corrected chi connectivity index (χ2v) is 5.88. The molecule has 2 aromatic heterocycles. The molecule has 0 saturated heterocycles. The number of nitrogens with zero attached hydrogens (tertiary/aromatic N) is 3. The highest BCUT2D eigenvalue weighted by atomic mass is 16.5. The van der Waals surface area contributed by atoms with Gasteiger partial charge in [-0.2, -0.15) is 5.10 Å². The fourth-order valence-electron chi connectivity index (χ4n) is 2.25. The maximum absolute atomic E-state index is 5.69. The minimum atomic E-state index is 0.534. The standard InChI is InChI=1S/C17H21N5O/c1-12(2)10-23-14-5-3-13(4-6-14)7-8-18-16-15-9-21-22-17(15)20-11-19-16/h3-6,9,11-12H,7-8,10H2,1-2H3,(H2,18,19,20,21,22). The van der Waals surface area contributed by atoms with Crippen molar-refractivity contribution >= 4 is 16.9 Å². The van der Waals surface area contributed by atoms with Crippen molar-refractivity contribution in [3.63, 3.8) is 0 Å². The van der Waals surface area contributed by atoms with Crippen molar-refractivity contribution in [2.45, 2.75) is 20.3 Å². The Morgan fingerprint density at radius 2 is 2.00 bits per heavy atom. The molecule has 0 unspecified atom stereocenters. The van der Waals surface area contributed by atoms with Crippen molar-refractivity contribution in [1.29, 1.82) is 0 Å². The molecule has 0 radical (unpaired) electrons. The lowest BCUT2D eigenvalue weighted by atomic mass is 10.1. The van der Waals surface area contributed by atoms with Crippen LogP contribution in [0.1, 0.15) is 19.4 Å². The Kier molecular flexibility index (Phi) is 4.71. The van der Waals surface area contributed by atoms with E-state index >= 15 is 0 Å². The summed E-state index contributed by atoms with van der Waals surface area (Å²) in [6, 6.07) is 8.25. The molecule has 2 heterocycles. The Morgan fingerprint density at radius 1 is 1.17 bits per heavy atom. The number of H-pyrrole nitrogens is 1. The zero-order valence-corrected chi connectivity index (χ0v) is 13.4. The van der Waals surface area contributed by atoms with Crippen LogP contribution in [0.15, 0.2) is 36.8 Å². The van der Waals surface area contributed by atoms with E-state index in [9.17, 15) is 0 Å². The largest absolute Gasteiger partial charge is 0.493 e. The number of hydrogen-bond acceptors (Lipinski definition) is 5. The van der Waals surface area contributed by atoms with Gasteiger partial charge in [0.15, 0.2) is 5.65 Å². The summed E-state index contributed by atoms with van der Waals surface area (Å²) in [5, 5.41) is 11.1. The first-order valence-corrected chi connectivity index (χ1v) is 7.82. The molecular weight excluding hydrogens is 290 g/mol. The molecule has 1 aromatic carbocycles. The van der Waals surface area contributed by atoms with E-state index in [1.807, 2.05) is 12.1 Å². The molecule has 0 bridgehead atoms. The fraction of sp³-hybridized carbons (Fsp3) is 0.353. The number of nitrogens with one attached hydrogen (secondary N) is 2. The van der Waals surface area contributed by atoms with Crippen LogP contribution in [-0.2, 0) is 6.42 Å². The molecule has 0 saturated carbocycles. The Labute approximate surface area is 135 Å². The minimum Gasteiger partial charge on any atom is -0.493 e. The molecule has 0 atom stereocenters. The topological polar surface area (TPSA) is 75.7 Å². The van der Waals surface area contributed by atoms with Gasteiger partial charge in [-0.3, -0.25) is 5.10 Å². The van der Waals surface area contributed by atoms with Gasteiger partial charge in [-0.15, -0.1) is 0 Å². The lowest BCUT2D eigenvalue weighted by Gasteiger charge is -2.10. The van der Waals surface area contributed by atoms with E-state index in [-0.39, 0.29) is 0 Å². The summed E-state index contributed by atoms with van der Waals surface area (Å²) in [5.74, 6) is 2.26. The molecule has 0 aliphatic heterocycles. The zero-order chi connectivity index (χ0) is 16.1. The molecule has 0 fully saturated rings. The summed E-state index contributed by atoms with van der Waals surface area (Å²) < 4.78 is 5.69. The van der Waals surface area contributed by atoms with Gasteiger partial charge in [0.2, 0.25) is 0 Å². The molecule has 0 amide bonds. The number of benzene rings is 1. The molecule has 23 heavy (non-hydrogen) atoms. The first kappa shape index (κ1) is 15.3. The molecular formula is C17H21N5O. The van der Waals surface area contributed by atoms with E-state index < -0.39 is 0 Å². The van der Waals surface area contributed by atoms with Crippen LogP contribution in [-0.4, -0.2) is 33.3 Å². The molecule has 0 aliphatic carbocycles. The summed E-state index contributed by atoms with van der Waals surface area (Å²) in [4.78, 5) is 8.39. The van der Waals surface area contributed by atoms with Gasteiger partial charge in [0.05, 0.1) is 18.2 Å². The number of ether oxygens (including phenoxy) is 1. The van der Waals surface area contributed by atoms with Gasteiger partial charge in [0.1, 0.15) is 17.9 Å². The number of rotatable bonds is 7. The van der Waals surface area contributed by atoms with Crippen LogP contribution in [0, 0.1) is 5.92 Å². The maximum atomic E-state index is 5.69. The first-order valence-electron chi connectivity index (χ1n) is 7.82. The van der Waals surface area contributed by atoms with Gasteiger partial charge in [0.25, 0.3) is 0 Å². The van der Waals surface area contributed by atoms with Crippen LogP contribution >= 0.6 is 0 Å². The van der Waals surface area contributed by atoms with E-state index in [1.165, 1.54) is 11.9 Å². The Balaban J connectivity index is 1.53. The van der Waals surface area contributed by atoms with Crippen LogP contribution < -0.4 is 10.1 Å². The Morgan fingerprint density at radius 3 is 2.78 bits per heavy atom. The second kappa shape index (κ2) is 7.09. The molecule has 6 heteroatoms. The van der Waals surface area contributed by atoms with Crippen molar-refractivity contribution in [1.82, 2.24) is 20.2 Å². The van der Waals surface area contributed by atoms with Crippen molar-refractivity contribution in [2.75, 3.05) is 18.5 Å².